The fraction of sp³-hybridized carbons (Fsp3) is 0.905. The predicted octanol–water partition coefficient (Wildman–Crippen LogP) is 3.77. The number of aliphatic hydroxyl groups excluding tert-OH is 1. The fourth-order valence-corrected chi connectivity index (χ4v) is 7.72. The van der Waals surface area contributed by atoms with E-state index in [0.29, 0.717) is 30.0 Å². The number of aliphatic hydroxyl groups is 1. The van der Waals surface area contributed by atoms with Gasteiger partial charge in [0.1, 0.15) is 11.6 Å². The van der Waals surface area contributed by atoms with Gasteiger partial charge in [-0.1, -0.05) is 13.8 Å². The highest BCUT2D eigenvalue weighted by Crippen LogP contribution is 2.66. The standard InChI is InChI=1S/C21H32O3/c1-12(22)16-6-7-17-15-5-4-13-10-14(23)8-9-20(13,2)19(15)18(24)11-21(16,17)3/h13-17,19,23H,4-11H2,1-3H3/t13-,14-,15?,16?,17?,19?,20-,21+/m1/s1. The molecule has 24 heavy (non-hydrogen) atoms. The monoisotopic (exact) mass is 332 g/mol. The topological polar surface area (TPSA) is 54.4 Å². The summed E-state index contributed by atoms with van der Waals surface area (Å²) in [6, 6.07) is 0. The second-order valence-corrected chi connectivity index (χ2v) is 9.85. The molecule has 4 aliphatic carbocycles. The van der Waals surface area contributed by atoms with Gasteiger partial charge in [0.05, 0.1) is 6.10 Å². The minimum atomic E-state index is -0.169. The molecule has 3 heteroatoms. The molecule has 4 aliphatic rings. The molecule has 3 nitrogen and oxygen atoms in total. The summed E-state index contributed by atoms with van der Waals surface area (Å²) in [5.41, 5.74) is -0.0175. The van der Waals surface area contributed by atoms with Gasteiger partial charge in [0.15, 0.2) is 0 Å². The Hall–Kier alpha value is -0.700. The summed E-state index contributed by atoms with van der Waals surface area (Å²) in [6.45, 7) is 6.28. The molecule has 0 bridgehead atoms. The second kappa shape index (κ2) is 5.40. The first-order chi connectivity index (χ1) is 11.3. The minimum absolute atomic E-state index is 0.0782. The molecule has 0 spiro atoms. The SMILES string of the molecule is CC(=O)C1CCC2C3CC[C@@H]4C[C@H](O)CC[C@@]4(C)C3C(=O)C[C@@]12C. The average molecular weight is 332 g/mol. The van der Waals surface area contributed by atoms with Gasteiger partial charge < -0.3 is 5.11 Å². The molecule has 0 amide bonds. The quantitative estimate of drug-likeness (QED) is 0.795. The number of hydrogen-bond acceptors (Lipinski definition) is 3. The van der Waals surface area contributed by atoms with Crippen LogP contribution >= 0.6 is 0 Å². The first kappa shape index (κ1) is 16.8. The molecule has 8 atom stereocenters. The van der Waals surface area contributed by atoms with E-state index in [4.69, 9.17) is 0 Å². The number of carbonyl (C=O) groups is 2. The van der Waals surface area contributed by atoms with Gasteiger partial charge in [0, 0.05) is 18.3 Å². The van der Waals surface area contributed by atoms with Crippen LogP contribution in [0.15, 0.2) is 0 Å². The van der Waals surface area contributed by atoms with Gasteiger partial charge in [-0.05, 0) is 80.5 Å². The summed E-state index contributed by atoms with van der Waals surface area (Å²) < 4.78 is 0. The van der Waals surface area contributed by atoms with Gasteiger partial charge in [-0.3, -0.25) is 9.59 Å². The van der Waals surface area contributed by atoms with Crippen molar-refractivity contribution in [3.8, 4) is 0 Å². The van der Waals surface area contributed by atoms with Crippen LogP contribution in [0, 0.1) is 40.4 Å². The van der Waals surface area contributed by atoms with E-state index in [-0.39, 0.29) is 34.6 Å². The molecule has 4 rings (SSSR count). The van der Waals surface area contributed by atoms with Crippen LogP contribution in [-0.4, -0.2) is 22.8 Å². The molecule has 4 unspecified atom stereocenters. The average Bonchev–Trinajstić information content (AvgIpc) is 2.84. The summed E-state index contributed by atoms with van der Waals surface area (Å²) in [7, 11) is 0. The third-order valence-electron chi connectivity index (χ3n) is 8.81. The lowest BCUT2D eigenvalue weighted by Crippen LogP contribution is -2.58. The number of rotatable bonds is 1. The number of Topliss-reactive ketones (excluding diaryl/α,β-unsaturated/α-hetero) is 2. The molecule has 0 radical (unpaired) electrons. The van der Waals surface area contributed by atoms with Crippen LogP contribution in [0.2, 0.25) is 0 Å². The Labute approximate surface area is 145 Å². The Bertz CT molecular complexity index is 569. The van der Waals surface area contributed by atoms with Crippen molar-refractivity contribution in [2.24, 2.45) is 40.4 Å². The highest BCUT2D eigenvalue weighted by atomic mass is 16.3. The van der Waals surface area contributed by atoms with Crippen LogP contribution in [0.5, 0.6) is 0 Å². The molecule has 0 aromatic heterocycles. The maximum absolute atomic E-state index is 13.3. The van der Waals surface area contributed by atoms with E-state index < -0.39 is 0 Å². The van der Waals surface area contributed by atoms with Crippen LogP contribution in [0.1, 0.15) is 72.1 Å². The third-order valence-corrected chi connectivity index (χ3v) is 8.81. The van der Waals surface area contributed by atoms with E-state index >= 15 is 0 Å². The third kappa shape index (κ3) is 2.12. The van der Waals surface area contributed by atoms with Crippen molar-refractivity contribution in [1.29, 1.82) is 0 Å². The van der Waals surface area contributed by atoms with Gasteiger partial charge in [-0.2, -0.15) is 0 Å². The summed E-state index contributed by atoms with van der Waals surface area (Å²) in [4.78, 5) is 25.5. The Kier molecular flexibility index (Phi) is 3.77. The van der Waals surface area contributed by atoms with Gasteiger partial charge in [-0.25, -0.2) is 0 Å². The fourth-order valence-electron chi connectivity index (χ4n) is 7.72. The van der Waals surface area contributed by atoms with E-state index in [1.54, 1.807) is 6.92 Å². The van der Waals surface area contributed by atoms with Crippen LogP contribution in [0.3, 0.4) is 0 Å². The highest BCUT2D eigenvalue weighted by Gasteiger charge is 2.63. The highest BCUT2D eigenvalue weighted by molar-refractivity contribution is 5.87. The summed E-state index contributed by atoms with van der Waals surface area (Å²) in [5.74, 6) is 2.48. The van der Waals surface area contributed by atoms with Crippen molar-refractivity contribution in [3.05, 3.63) is 0 Å². The van der Waals surface area contributed by atoms with Crippen molar-refractivity contribution >= 4 is 11.6 Å². The Balaban J connectivity index is 1.68. The number of hydrogen-bond donors (Lipinski definition) is 1. The molecular formula is C21H32O3. The number of fused-ring (bicyclic) bond motifs is 5. The minimum Gasteiger partial charge on any atom is -0.393 e. The van der Waals surface area contributed by atoms with Crippen molar-refractivity contribution in [2.75, 3.05) is 0 Å². The van der Waals surface area contributed by atoms with E-state index in [2.05, 4.69) is 13.8 Å². The normalized spacial score (nSPS) is 53.9. The summed E-state index contributed by atoms with van der Waals surface area (Å²) in [6.07, 6.45) is 7.53. The van der Waals surface area contributed by atoms with E-state index in [9.17, 15) is 14.7 Å². The lowest BCUT2D eigenvalue weighted by molar-refractivity contribution is -0.162. The van der Waals surface area contributed by atoms with Crippen molar-refractivity contribution in [1.82, 2.24) is 0 Å². The molecule has 0 aromatic carbocycles. The zero-order chi connectivity index (χ0) is 17.3. The van der Waals surface area contributed by atoms with Crippen molar-refractivity contribution in [3.63, 3.8) is 0 Å². The van der Waals surface area contributed by atoms with Gasteiger partial charge >= 0.3 is 0 Å². The van der Waals surface area contributed by atoms with Crippen molar-refractivity contribution in [2.45, 2.75) is 78.2 Å². The maximum Gasteiger partial charge on any atom is 0.137 e. The zero-order valence-electron chi connectivity index (χ0n) is 15.4. The molecule has 1 N–H and O–H groups in total. The second-order valence-electron chi connectivity index (χ2n) is 9.85. The van der Waals surface area contributed by atoms with Crippen LogP contribution in [-0.2, 0) is 9.59 Å². The van der Waals surface area contributed by atoms with Gasteiger partial charge in [0.2, 0.25) is 0 Å². The molecule has 0 aromatic rings. The van der Waals surface area contributed by atoms with E-state index in [1.807, 2.05) is 0 Å². The summed E-state index contributed by atoms with van der Waals surface area (Å²) >= 11 is 0. The molecule has 0 heterocycles. The van der Waals surface area contributed by atoms with Gasteiger partial charge in [0.25, 0.3) is 0 Å². The Morgan fingerprint density at radius 1 is 1.08 bits per heavy atom. The molecule has 0 saturated heterocycles. The van der Waals surface area contributed by atoms with Gasteiger partial charge in [-0.15, -0.1) is 0 Å². The first-order valence-electron chi connectivity index (χ1n) is 9.98. The first-order valence-corrected chi connectivity index (χ1v) is 9.98. The number of carbonyl (C=O) groups excluding carboxylic acids is 2. The maximum atomic E-state index is 13.3. The smallest absolute Gasteiger partial charge is 0.137 e. The van der Waals surface area contributed by atoms with Crippen molar-refractivity contribution < 1.29 is 14.7 Å². The molecule has 0 aliphatic heterocycles. The molecule has 134 valence electrons. The summed E-state index contributed by atoms with van der Waals surface area (Å²) in [5, 5.41) is 10.1. The number of ketones is 2. The Morgan fingerprint density at radius 3 is 2.54 bits per heavy atom. The Morgan fingerprint density at radius 2 is 1.83 bits per heavy atom. The zero-order valence-corrected chi connectivity index (χ0v) is 15.4. The van der Waals surface area contributed by atoms with Crippen LogP contribution in [0.25, 0.3) is 0 Å². The molecule has 4 fully saturated rings. The molecular weight excluding hydrogens is 300 g/mol. The van der Waals surface area contributed by atoms with E-state index in [0.717, 1.165) is 44.9 Å². The van der Waals surface area contributed by atoms with E-state index in [1.165, 1.54) is 0 Å². The lowest BCUT2D eigenvalue weighted by Gasteiger charge is -2.59. The largest absolute Gasteiger partial charge is 0.393 e. The van der Waals surface area contributed by atoms with Crippen LogP contribution < -0.4 is 0 Å². The van der Waals surface area contributed by atoms with Crippen LogP contribution in [0.4, 0.5) is 0 Å². The predicted molar refractivity (Wildman–Crippen MR) is 92.3 cm³/mol. The lowest BCUT2D eigenvalue weighted by atomic mass is 9.44. The molecule has 4 saturated carbocycles.